The van der Waals surface area contributed by atoms with Gasteiger partial charge in [-0.3, -0.25) is 4.79 Å². The van der Waals surface area contributed by atoms with Gasteiger partial charge in [-0.05, 0) is 41.2 Å². The fourth-order valence-electron chi connectivity index (χ4n) is 4.56. The van der Waals surface area contributed by atoms with E-state index in [9.17, 15) is 4.79 Å². The number of hydrogen-bond acceptors (Lipinski definition) is 4. The largest absolute Gasteiger partial charge is 0.345 e. The Morgan fingerprint density at radius 2 is 1.78 bits per heavy atom. The third-order valence-corrected chi connectivity index (χ3v) is 6.35. The molecule has 0 spiro atoms. The smallest absolute Gasteiger partial charge is 0.227 e. The standard InChI is InChI=1S/C25H28ClN5O/c1-18(26)17-25(14-6-7-15-25)24(32)27-22(23-28-30-31(2)29-23)16-19-10-12-21(13-11-19)20-8-4-3-5-9-20/h3-5,8-13,22H,1,6-7,14-17H2,2H3,(H,27,32)/t22-/m0/s1. The number of benzene rings is 2. The molecule has 166 valence electrons. The molecule has 0 aliphatic heterocycles. The topological polar surface area (TPSA) is 72.7 Å². The van der Waals surface area contributed by atoms with Gasteiger partial charge in [-0.1, -0.05) is 85.6 Å². The van der Waals surface area contributed by atoms with Gasteiger partial charge in [-0.25, -0.2) is 0 Å². The van der Waals surface area contributed by atoms with Gasteiger partial charge in [0.25, 0.3) is 0 Å². The SMILES string of the molecule is C=C(Cl)CC1(C(=O)N[C@@H](Cc2ccc(-c3ccccc3)cc2)c2nnn(C)n2)CCCC1. The van der Waals surface area contributed by atoms with E-state index in [0.717, 1.165) is 36.8 Å². The van der Waals surface area contributed by atoms with Crippen LogP contribution in [-0.4, -0.2) is 26.1 Å². The van der Waals surface area contributed by atoms with E-state index in [2.05, 4.69) is 63.7 Å². The Morgan fingerprint density at radius 3 is 2.38 bits per heavy atom. The van der Waals surface area contributed by atoms with Crippen LogP contribution in [0.5, 0.6) is 0 Å². The molecule has 1 aliphatic carbocycles. The molecular weight excluding hydrogens is 422 g/mol. The maximum atomic E-state index is 13.4. The first-order valence-electron chi connectivity index (χ1n) is 11.0. The monoisotopic (exact) mass is 449 g/mol. The van der Waals surface area contributed by atoms with Gasteiger partial charge in [0.15, 0.2) is 5.82 Å². The van der Waals surface area contributed by atoms with Crippen LogP contribution in [0.25, 0.3) is 11.1 Å². The summed E-state index contributed by atoms with van der Waals surface area (Å²) in [5.74, 6) is 0.501. The molecule has 1 aliphatic rings. The van der Waals surface area contributed by atoms with Crippen LogP contribution in [0.15, 0.2) is 66.2 Å². The molecular formula is C25H28ClN5O. The molecule has 32 heavy (non-hydrogen) atoms. The van der Waals surface area contributed by atoms with Gasteiger partial charge in [0, 0.05) is 11.5 Å². The van der Waals surface area contributed by atoms with E-state index in [1.165, 1.54) is 10.4 Å². The highest BCUT2D eigenvalue weighted by Gasteiger charge is 2.42. The zero-order valence-electron chi connectivity index (χ0n) is 18.3. The molecule has 1 saturated carbocycles. The van der Waals surface area contributed by atoms with Crippen LogP contribution in [0, 0.1) is 5.41 Å². The summed E-state index contributed by atoms with van der Waals surface area (Å²) in [6.07, 6.45) is 4.74. The quantitative estimate of drug-likeness (QED) is 0.526. The number of tetrazole rings is 1. The molecule has 0 radical (unpaired) electrons. The first kappa shape index (κ1) is 22.2. The fraction of sp³-hybridized carbons (Fsp3) is 0.360. The van der Waals surface area contributed by atoms with Crippen LogP contribution < -0.4 is 5.32 Å². The maximum Gasteiger partial charge on any atom is 0.227 e. The number of aromatic nitrogens is 4. The van der Waals surface area contributed by atoms with Crippen molar-refractivity contribution in [1.29, 1.82) is 0 Å². The van der Waals surface area contributed by atoms with Crippen LogP contribution in [0.3, 0.4) is 0 Å². The van der Waals surface area contributed by atoms with E-state index in [1.54, 1.807) is 7.05 Å². The lowest BCUT2D eigenvalue weighted by Crippen LogP contribution is -2.42. The Morgan fingerprint density at radius 1 is 1.12 bits per heavy atom. The number of hydrogen-bond donors (Lipinski definition) is 1. The molecule has 1 atom stereocenters. The van der Waals surface area contributed by atoms with Gasteiger partial charge in [-0.2, -0.15) is 4.80 Å². The number of aryl methyl sites for hydroxylation is 1. The summed E-state index contributed by atoms with van der Waals surface area (Å²) in [6.45, 7) is 3.84. The third-order valence-electron chi connectivity index (χ3n) is 6.21. The summed E-state index contributed by atoms with van der Waals surface area (Å²) in [5, 5.41) is 16.3. The predicted molar refractivity (Wildman–Crippen MR) is 126 cm³/mol. The minimum absolute atomic E-state index is 0.00448. The van der Waals surface area contributed by atoms with Crippen LogP contribution in [0.2, 0.25) is 0 Å². The lowest BCUT2D eigenvalue weighted by Gasteiger charge is -2.29. The Hall–Kier alpha value is -2.99. The molecule has 1 aromatic heterocycles. The summed E-state index contributed by atoms with van der Waals surface area (Å²) in [6, 6.07) is 18.3. The highest BCUT2D eigenvalue weighted by molar-refractivity contribution is 6.29. The number of rotatable bonds is 8. The summed E-state index contributed by atoms with van der Waals surface area (Å²) in [7, 11) is 1.72. The van der Waals surface area contributed by atoms with Gasteiger partial charge < -0.3 is 5.32 Å². The van der Waals surface area contributed by atoms with Crippen molar-refractivity contribution in [3.8, 4) is 11.1 Å². The van der Waals surface area contributed by atoms with Crippen molar-refractivity contribution in [2.75, 3.05) is 0 Å². The minimum atomic E-state index is -0.504. The van der Waals surface area contributed by atoms with Crippen molar-refractivity contribution in [3.05, 3.63) is 77.6 Å². The van der Waals surface area contributed by atoms with Gasteiger partial charge in [0.1, 0.15) is 0 Å². The number of amides is 1. The maximum absolute atomic E-state index is 13.4. The van der Waals surface area contributed by atoms with Gasteiger partial charge in [0.05, 0.1) is 18.5 Å². The first-order valence-corrected chi connectivity index (χ1v) is 11.4. The van der Waals surface area contributed by atoms with Crippen LogP contribution in [0.4, 0.5) is 0 Å². The second kappa shape index (κ2) is 9.65. The lowest BCUT2D eigenvalue weighted by molar-refractivity contribution is -0.131. The van der Waals surface area contributed by atoms with Gasteiger partial charge in [-0.15, -0.1) is 10.2 Å². The number of allylic oxidation sites excluding steroid dienone is 1. The van der Waals surface area contributed by atoms with Crippen molar-refractivity contribution < 1.29 is 4.79 Å². The van der Waals surface area contributed by atoms with E-state index >= 15 is 0 Å². The highest BCUT2D eigenvalue weighted by Crippen LogP contribution is 2.44. The molecule has 0 unspecified atom stereocenters. The average Bonchev–Trinajstić information content (AvgIpc) is 3.44. The number of halogens is 1. The molecule has 6 nitrogen and oxygen atoms in total. The Kier molecular flexibility index (Phi) is 6.70. The second-order valence-electron chi connectivity index (χ2n) is 8.61. The van der Waals surface area contributed by atoms with Crippen LogP contribution in [-0.2, 0) is 18.3 Å². The molecule has 1 heterocycles. The zero-order chi connectivity index (χ0) is 22.6. The zero-order valence-corrected chi connectivity index (χ0v) is 19.1. The van der Waals surface area contributed by atoms with Crippen LogP contribution in [0.1, 0.15) is 49.5 Å². The number of nitrogens with zero attached hydrogens (tertiary/aromatic N) is 4. The minimum Gasteiger partial charge on any atom is -0.345 e. The summed E-state index contributed by atoms with van der Waals surface area (Å²) in [4.78, 5) is 14.8. The molecule has 1 fully saturated rings. The second-order valence-corrected chi connectivity index (χ2v) is 9.15. The highest BCUT2D eigenvalue weighted by atomic mass is 35.5. The number of carbonyl (C=O) groups excluding carboxylic acids is 1. The number of nitrogens with one attached hydrogen (secondary N) is 1. The van der Waals surface area contributed by atoms with Crippen molar-refractivity contribution in [3.63, 3.8) is 0 Å². The summed E-state index contributed by atoms with van der Waals surface area (Å²) in [5.41, 5.74) is 2.91. The molecule has 1 amide bonds. The summed E-state index contributed by atoms with van der Waals surface area (Å²) < 4.78 is 0. The molecule has 7 heteroatoms. The third kappa shape index (κ3) is 5.07. The van der Waals surface area contributed by atoms with Gasteiger partial charge in [0.2, 0.25) is 5.91 Å². The predicted octanol–water partition coefficient (Wildman–Crippen LogP) is 4.98. The van der Waals surface area contributed by atoms with E-state index < -0.39 is 5.41 Å². The van der Waals surface area contributed by atoms with Crippen LogP contribution >= 0.6 is 11.6 Å². The van der Waals surface area contributed by atoms with Gasteiger partial charge >= 0.3 is 0 Å². The summed E-state index contributed by atoms with van der Waals surface area (Å²) >= 11 is 6.13. The average molecular weight is 450 g/mol. The van der Waals surface area contributed by atoms with E-state index in [-0.39, 0.29) is 11.9 Å². The normalized spacial score (nSPS) is 15.9. The molecule has 3 aromatic rings. The van der Waals surface area contributed by atoms with Crippen molar-refractivity contribution in [2.24, 2.45) is 12.5 Å². The fourth-order valence-corrected chi connectivity index (χ4v) is 4.81. The number of carbonyl (C=O) groups is 1. The van der Waals surface area contributed by atoms with E-state index in [1.807, 2.05) is 18.2 Å². The Bertz CT molecular complexity index is 1070. The molecule has 2 aromatic carbocycles. The molecule has 0 bridgehead atoms. The first-order chi connectivity index (χ1) is 15.4. The molecule has 1 N–H and O–H groups in total. The van der Waals surface area contributed by atoms with Crippen molar-refractivity contribution in [2.45, 2.75) is 44.6 Å². The molecule has 0 saturated heterocycles. The van der Waals surface area contributed by atoms with Crippen molar-refractivity contribution in [1.82, 2.24) is 25.5 Å². The lowest BCUT2D eigenvalue weighted by atomic mass is 9.81. The molecule has 4 rings (SSSR count). The Balaban J connectivity index is 1.55. The van der Waals surface area contributed by atoms with E-state index in [0.29, 0.717) is 23.7 Å². The van der Waals surface area contributed by atoms with Crippen molar-refractivity contribution >= 4 is 17.5 Å². The van der Waals surface area contributed by atoms with E-state index in [4.69, 9.17) is 11.6 Å². The Labute approximate surface area is 193 Å².